The number of nitrogens with zero attached hydrogens (tertiary/aromatic N) is 3. The fourth-order valence-electron chi connectivity index (χ4n) is 2.80. The highest BCUT2D eigenvalue weighted by molar-refractivity contribution is 5.93. The Labute approximate surface area is 135 Å². The van der Waals surface area contributed by atoms with E-state index in [9.17, 15) is 4.79 Å². The first-order valence-corrected chi connectivity index (χ1v) is 7.97. The van der Waals surface area contributed by atoms with Crippen LogP contribution >= 0.6 is 0 Å². The number of aryl methyl sites for hydroxylation is 1. The lowest BCUT2D eigenvalue weighted by Crippen LogP contribution is -2.27. The van der Waals surface area contributed by atoms with Crippen molar-refractivity contribution in [2.24, 2.45) is 0 Å². The number of carbonyl (C=O) groups is 1. The minimum absolute atomic E-state index is 0.170. The van der Waals surface area contributed by atoms with Crippen molar-refractivity contribution in [1.29, 1.82) is 0 Å². The zero-order chi connectivity index (χ0) is 16.1. The van der Waals surface area contributed by atoms with Gasteiger partial charge in [0.25, 0.3) is 5.91 Å². The molecule has 0 unspecified atom stereocenters. The molecule has 2 aromatic heterocycles. The van der Waals surface area contributed by atoms with Gasteiger partial charge in [-0.25, -0.2) is 15.0 Å². The minimum Gasteiger partial charge on any atom is -0.478 e. The Hall–Kier alpha value is -2.50. The van der Waals surface area contributed by atoms with E-state index in [1.807, 2.05) is 19.1 Å². The van der Waals surface area contributed by atoms with Gasteiger partial charge in [0.1, 0.15) is 12.0 Å². The average Bonchev–Trinajstić information content (AvgIpc) is 2.60. The second-order valence-electron chi connectivity index (χ2n) is 5.44. The van der Waals surface area contributed by atoms with E-state index in [2.05, 4.69) is 20.3 Å². The third kappa shape index (κ3) is 3.47. The van der Waals surface area contributed by atoms with Crippen LogP contribution in [0.5, 0.6) is 5.88 Å². The van der Waals surface area contributed by atoms with Gasteiger partial charge in [0.05, 0.1) is 6.61 Å². The SMILES string of the molecule is CCOc1ncccc1CNC(=O)c1ncnc2c1CCCC2. The first kappa shape index (κ1) is 15.4. The minimum atomic E-state index is -0.170. The van der Waals surface area contributed by atoms with E-state index in [4.69, 9.17) is 4.74 Å². The Balaban J connectivity index is 1.73. The van der Waals surface area contributed by atoms with Gasteiger partial charge >= 0.3 is 0 Å². The number of carbonyl (C=O) groups excluding carboxylic acids is 1. The maximum Gasteiger partial charge on any atom is 0.270 e. The third-order valence-electron chi connectivity index (χ3n) is 3.91. The molecule has 1 amide bonds. The van der Waals surface area contributed by atoms with E-state index in [0.29, 0.717) is 24.7 Å². The lowest BCUT2D eigenvalue weighted by atomic mass is 9.94. The van der Waals surface area contributed by atoms with Crippen LogP contribution in [0.25, 0.3) is 0 Å². The van der Waals surface area contributed by atoms with Crippen molar-refractivity contribution in [3.05, 3.63) is 47.2 Å². The summed E-state index contributed by atoms with van der Waals surface area (Å²) in [6, 6.07) is 3.73. The van der Waals surface area contributed by atoms with E-state index in [1.54, 1.807) is 6.20 Å². The number of fused-ring (bicyclic) bond motifs is 1. The van der Waals surface area contributed by atoms with Gasteiger partial charge < -0.3 is 10.1 Å². The van der Waals surface area contributed by atoms with Crippen LogP contribution in [0.2, 0.25) is 0 Å². The highest BCUT2D eigenvalue weighted by Crippen LogP contribution is 2.21. The lowest BCUT2D eigenvalue weighted by molar-refractivity contribution is 0.0944. The van der Waals surface area contributed by atoms with Crippen LogP contribution in [-0.4, -0.2) is 27.5 Å². The summed E-state index contributed by atoms with van der Waals surface area (Å²) in [4.78, 5) is 25.2. The average molecular weight is 312 g/mol. The summed E-state index contributed by atoms with van der Waals surface area (Å²) in [5.41, 5.74) is 3.35. The summed E-state index contributed by atoms with van der Waals surface area (Å²) < 4.78 is 5.48. The molecule has 0 saturated carbocycles. The molecular formula is C17H20N4O2. The molecule has 2 aromatic rings. The molecule has 0 radical (unpaired) electrons. The van der Waals surface area contributed by atoms with Crippen molar-refractivity contribution in [2.75, 3.05) is 6.61 Å². The monoisotopic (exact) mass is 312 g/mol. The standard InChI is InChI=1S/C17H20N4O2/c1-2-23-17-12(6-5-9-18-17)10-19-16(22)15-13-7-3-4-8-14(13)20-11-21-15/h5-6,9,11H,2-4,7-8,10H2,1H3,(H,19,22). The van der Waals surface area contributed by atoms with Crippen molar-refractivity contribution in [1.82, 2.24) is 20.3 Å². The number of pyridine rings is 1. The Morgan fingerprint density at radius 1 is 1.26 bits per heavy atom. The summed E-state index contributed by atoms with van der Waals surface area (Å²) in [7, 11) is 0. The van der Waals surface area contributed by atoms with Gasteiger partial charge in [-0.3, -0.25) is 4.79 Å². The molecule has 6 nitrogen and oxygen atoms in total. The van der Waals surface area contributed by atoms with E-state index in [-0.39, 0.29) is 5.91 Å². The van der Waals surface area contributed by atoms with Crippen LogP contribution in [0, 0.1) is 0 Å². The Bertz CT molecular complexity index is 703. The topological polar surface area (TPSA) is 77.0 Å². The predicted molar refractivity (Wildman–Crippen MR) is 85.3 cm³/mol. The van der Waals surface area contributed by atoms with Gasteiger partial charge in [-0.1, -0.05) is 6.07 Å². The highest BCUT2D eigenvalue weighted by Gasteiger charge is 2.20. The molecule has 1 aliphatic carbocycles. The van der Waals surface area contributed by atoms with Gasteiger partial charge in [0, 0.05) is 29.6 Å². The number of rotatable bonds is 5. The first-order chi connectivity index (χ1) is 11.3. The number of ether oxygens (including phenoxy) is 1. The molecule has 120 valence electrons. The molecule has 23 heavy (non-hydrogen) atoms. The molecule has 0 saturated heterocycles. The number of amides is 1. The quantitative estimate of drug-likeness (QED) is 0.914. The van der Waals surface area contributed by atoms with E-state index in [1.165, 1.54) is 6.33 Å². The number of hydrogen-bond donors (Lipinski definition) is 1. The molecular weight excluding hydrogens is 292 g/mol. The van der Waals surface area contributed by atoms with Gasteiger partial charge in [-0.2, -0.15) is 0 Å². The number of hydrogen-bond acceptors (Lipinski definition) is 5. The predicted octanol–water partition coefficient (Wildman–Crippen LogP) is 2.08. The smallest absolute Gasteiger partial charge is 0.270 e. The van der Waals surface area contributed by atoms with Crippen molar-refractivity contribution < 1.29 is 9.53 Å². The van der Waals surface area contributed by atoms with Gasteiger partial charge in [0.2, 0.25) is 5.88 Å². The van der Waals surface area contributed by atoms with Crippen molar-refractivity contribution >= 4 is 5.91 Å². The van der Waals surface area contributed by atoms with Gasteiger partial charge in [-0.05, 0) is 38.7 Å². The summed E-state index contributed by atoms with van der Waals surface area (Å²) in [6.45, 7) is 2.81. The third-order valence-corrected chi connectivity index (χ3v) is 3.91. The zero-order valence-electron chi connectivity index (χ0n) is 13.2. The largest absolute Gasteiger partial charge is 0.478 e. The molecule has 6 heteroatoms. The lowest BCUT2D eigenvalue weighted by Gasteiger charge is -2.17. The normalized spacial score (nSPS) is 13.3. The summed E-state index contributed by atoms with van der Waals surface area (Å²) >= 11 is 0. The Morgan fingerprint density at radius 3 is 3.00 bits per heavy atom. The maximum absolute atomic E-state index is 12.5. The van der Waals surface area contributed by atoms with Crippen LogP contribution in [0.4, 0.5) is 0 Å². The van der Waals surface area contributed by atoms with Crippen LogP contribution < -0.4 is 10.1 Å². The number of aromatic nitrogens is 3. The van der Waals surface area contributed by atoms with E-state index < -0.39 is 0 Å². The Morgan fingerprint density at radius 2 is 2.13 bits per heavy atom. The second kappa shape index (κ2) is 7.17. The van der Waals surface area contributed by atoms with Crippen molar-refractivity contribution in [3.8, 4) is 5.88 Å². The molecule has 1 N–H and O–H groups in total. The fourth-order valence-corrected chi connectivity index (χ4v) is 2.80. The second-order valence-corrected chi connectivity index (χ2v) is 5.44. The fraction of sp³-hybridized carbons (Fsp3) is 0.412. The molecule has 0 fully saturated rings. The van der Waals surface area contributed by atoms with Crippen LogP contribution in [-0.2, 0) is 19.4 Å². The van der Waals surface area contributed by atoms with Gasteiger partial charge in [-0.15, -0.1) is 0 Å². The molecule has 1 aliphatic rings. The maximum atomic E-state index is 12.5. The summed E-state index contributed by atoms with van der Waals surface area (Å²) in [5, 5.41) is 2.91. The van der Waals surface area contributed by atoms with Crippen LogP contribution in [0.1, 0.15) is 47.1 Å². The van der Waals surface area contributed by atoms with E-state index in [0.717, 1.165) is 42.5 Å². The van der Waals surface area contributed by atoms with Crippen molar-refractivity contribution in [3.63, 3.8) is 0 Å². The molecule has 0 bridgehead atoms. The summed E-state index contributed by atoms with van der Waals surface area (Å²) in [5.74, 6) is 0.386. The van der Waals surface area contributed by atoms with Gasteiger partial charge in [0.15, 0.2) is 0 Å². The molecule has 3 rings (SSSR count). The molecule has 0 aliphatic heterocycles. The highest BCUT2D eigenvalue weighted by atomic mass is 16.5. The summed E-state index contributed by atoms with van der Waals surface area (Å²) in [6.07, 6.45) is 7.16. The molecule has 0 atom stereocenters. The van der Waals surface area contributed by atoms with E-state index >= 15 is 0 Å². The van der Waals surface area contributed by atoms with Crippen molar-refractivity contribution in [2.45, 2.75) is 39.2 Å². The molecule has 0 spiro atoms. The zero-order valence-corrected chi connectivity index (χ0v) is 13.2. The Kier molecular flexibility index (Phi) is 4.80. The van der Waals surface area contributed by atoms with Crippen LogP contribution in [0.3, 0.4) is 0 Å². The number of nitrogens with one attached hydrogen (secondary N) is 1. The first-order valence-electron chi connectivity index (χ1n) is 7.97. The molecule has 0 aromatic carbocycles. The van der Waals surface area contributed by atoms with Crippen LogP contribution in [0.15, 0.2) is 24.7 Å². The molecule has 2 heterocycles.